The van der Waals surface area contributed by atoms with E-state index in [1.165, 1.54) is 24.2 Å². The first kappa shape index (κ1) is 13.8. The van der Waals surface area contributed by atoms with E-state index in [9.17, 15) is 8.42 Å². The molecule has 102 valence electrons. The second kappa shape index (κ2) is 5.99. The Labute approximate surface area is 112 Å². The second-order valence-electron chi connectivity index (χ2n) is 4.65. The third kappa shape index (κ3) is 4.91. The predicted molar refractivity (Wildman–Crippen MR) is 74.5 cm³/mol. The lowest BCUT2D eigenvalue weighted by atomic mass is 10.3. The van der Waals surface area contributed by atoms with Gasteiger partial charge in [0.25, 0.3) is 0 Å². The number of anilines is 1. The molecule has 0 unspecified atom stereocenters. The molecule has 0 spiro atoms. The SMILES string of the molecule is Cc1csc(NS(=O)(=O)CCCCNC2CC2)n1. The van der Waals surface area contributed by atoms with E-state index in [4.69, 9.17) is 0 Å². The third-order valence-electron chi connectivity index (χ3n) is 2.71. The summed E-state index contributed by atoms with van der Waals surface area (Å²) in [5.41, 5.74) is 0.839. The van der Waals surface area contributed by atoms with E-state index in [1.807, 2.05) is 12.3 Å². The van der Waals surface area contributed by atoms with Crippen LogP contribution in [0.1, 0.15) is 31.4 Å². The minimum absolute atomic E-state index is 0.165. The van der Waals surface area contributed by atoms with E-state index in [0.717, 1.165) is 18.7 Å². The van der Waals surface area contributed by atoms with Crippen LogP contribution >= 0.6 is 11.3 Å². The molecule has 1 saturated carbocycles. The molecular weight excluding hydrogens is 270 g/mol. The van der Waals surface area contributed by atoms with Crippen LogP contribution in [0.3, 0.4) is 0 Å². The number of sulfonamides is 1. The lowest BCUT2D eigenvalue weighted by Gasteiger charge is -2.05. The van der Waals surface area contributed by atoms with Crippen molar-refractivity contribution in [3.63, 3.8) is 0 Å². The van der Waals surface area contributed by atoms with Gasteiger partial charge in [0.05, 0.1) is 11.4 Å². The Morgan fingerprint density at radius 3 is 2.83 bits per heavy atom. The van der Waals surface area contributed by atoms with Crippen LogP contribution < -0.4 is 10.0 Å². The Hall–Kier alpha value is -0.660. The van der Waals surface area contributed by atoms with Gasteiger partial charge in [0.1, 0.15) is 0 Å². The Morgan fingerprint density at radius 2 is 2.22 bits per heavy atom. The molecule has 7 heteroatoms. The van der Waals surface area contributed by atoms with Gasteiger partial charge in [0.15, 0.2) is 5.13 Å². The molecule has 0 atom stereocenters. The first-order valence-electron chi connectivity index (χ1n) is 6.21. The fourth-order valence-electron chi connectivity index (χ4n) is 1.60. The highest BCUT2D eigenvalue weighted by Gasteiger charge is 2.19. The molecule has 0 aliphatic heterocycles. The fraction of sp³-hybridized carbons (Fsp3) is 0.727. The molecule has 1 fully saturated rings. The average Bonchev–Trinajstić information content (AvgIpc) is 3.02. The molecule has 0 saturated heterocycles. The number of nitrogens with zero attached hydrogens (tertiary/aromatic N) is 1. The minimum Gasteiger partial charge on any atom is -0.314 e. The molecule has 0 amide bonds. The molecule has 0 radical (unpaired) electrons. The Morgan fingerprint density at radius 1 is 1.44 bits per heavy atom. The molecule has 1 aliphatic carbocycles. The van der Waals surface area contributed by atoms with Crippen molar-refractivity contribution in [3.05, 3.63) is 11.1 Å². The van der Waals surface area contributed by atoms with E-state index in [-0.39, 0.29) is 5.75 Å². The summed E-state index contributed by atoms with van der Waals surface area (Å²) in [7, 11) is -3.24. The van der Waals surface area contributed by atoms with Crippen LogP contribution in [0.15, 0.2) is 5.38 Å². The highest BCUT2D eigenvalue weighted by molar-refractivity contribution is 7.92. The predicted octanol–water partition coefficient (Wildman–Crippen LogP) is 1.73. The van der Waals surface area contributed by atoms with E-state index >= 15 is 0 Å². The van der Waals surface area contributed by atoms with Crippen molar-refractivity contribution in [2.24, 2.45) is 0 Å². The van der Waals surface area contributed by atoms with Gasteiger partial charge < -0.3 is 5.32 Å². The average molecular weight is 289 g/mol. The summed E-state index contributed by atoms with van der Waals surface area (Å²) < 4.78 is 26.0. The van der Waals surface area contributed by atoms with Gasteiger partial charge in [0.2, 0.25) is 10.0 Å². The zero-order valence-electron chi connectivity index (χ0n) is 10.5. The van der Waals surface area contributed by atoms with E-state index < -0.39 is 10.0 Å². The van der Waals surface area contributed by atoms with Crippen LogP contribution in [-0.2, 0) is 10.0 Å². The minimum atomic E-state index is -3.24. The van der Waals surface area contributed by atoms with E-state index in [1.54, 1.807) is 0 Å². The number of hydrogen-bond acceptors (Lipinski definition) is 5. The smallest absolute Gasteiger partial charge is 0.234 e. The summed E-state index contributed by atoms with van der Waals surface area (Å²) in [5, 5.41) is 5.66. The number of nitrogens with one attached hydrogen (secondary N) is 2. The molecule has 5 nitrogen and oxygen atoms in total. The van der Waals surface area contributed by atoms with Crippen LogP contribution in [0.2, 0.25) is 0 Å². The van der Waals surface area contributed by atoms with Gasteiger partial charge in [-0.2, -0.15) is 0 Å². The Balaban J connectivity index is 1.66. The van der Waals surface area contributed by atoms with Crippen LogP contribution in [0.25, 0.3) is 0 Å². The monoisotopic (exact) mass is 289 g/mol. The normalized spacial score (nSPS) is 15.8. The van der Waals surface area contributed by atoms with Gasteiger partial charge >= 0.3 is 0 Å². The Kier molecular flexibility index (Phi) is 4.58. The largest absolute Gasteiger partial charge is 0.314 e. The van der Waals surface area contributed by atoms with Gasteiger partial charge in [-0.05, 0) is 39.2 Å². The fourth-order valence-corrected chi connectivity index (χ4v) is 3.70. The van der Waals surface area contributed by atoms with Crippen LogP contribution in [0.4, 0.5) is 5.13 Å². The molecule has 1 aliphatic rings. The lowest BCUT2D eigenvalue weighted by molar-refractivity contribution is 0.591. The zero-order chi connectivity index (χ0) is 13.0. The van der Waals surface area contributed by atoms with Crippen molar-refractivity contribution >= 4 is 26.5 Å². The molecule has 2 rings (SSSR count). The van der Waals surface area contributed by atoms with Crippen LogP contribution in [0, 0.1) is 6.92 Å². The van der Waals surface area contributed by atoms with Gasteiger partial charge in [-0.25, -0.2) is 13.4 Å². The molecule has 0 bridgehead atoms. The van der Waals surface area contributed by atoms with Crippen molar-refractivity contribution in [3.8, 4) is 0 Å². The number of aromatic nitrogens is 1. The summed E-state index contributed by atoms with van der Waals surface area (Å²) in [5.74, 6) is 0.165. The topological polar surface area (TPSA) is 71.1 Å². The molecule has 2 N–H and O–H groups in total. The highest BCUT2D eigenvalue weighted by atomic mass is 32.2. The van der Waals surface area contributed by atoms with Crippen LogP contribution in [-0.4, -0.2) is 31.7 Å². The molecule has 18 heavy (non-hydrogen) atoms. The highest BCUT2D eigenvalue weighted by Crippen LogP contribution is 2.18. The summed E-state index contributed by atoms with van der Waals surface area (Å²) in [4.78, 5) is 4.09. The first-order valence-corrected chi connectivity index (χ1v) is 8.74. The third-order valence-corrected chi connectivity index (χ3v) is 5.05. The summed E-state index contributed by atoms with van der Waals surface area (Å²) >= 11 is 1.32. The maximum Gasteiger partial charge on any atom is 0.234 e. The molecule has 1 aromatic heterocycles. The summed E-state index contributed by atoms with van der Waals surface area (Å²) in [6.07, 6.45) is 4.11. The standard InChI is InChI=1S/C11H19N3O2S2/c1-9-8-17-11(13-9)14-18(15,16)7-3-2-6-12-10-4-5-10/h8,10,12H,2-7H2,1H3,(H,13,14). The van der Waals surface area contributed by atoms with E-state index in [2.05, 4.69) is 15.0 Å². The number of unbranched alkanes of at least 4 members (excludes halogenated alkanes) is 1. The number of thiazole rings is 1. The number of aryl methyl sites for hydroxylation is 1. The quantitative estimate of drug-likeness (QED) is 0.715. The van der Waals surface area contributed by atoms with Gasteiger partial charge in [-0.1, -0.05) is 0 Å². The van der Waals surface area contributed by atoms with Crippen molar-refractivity contribution in [2.45, 2.75) is 38.6 Å². The molecule has 0 aromatic carbocycles. The van der Waals surface area contributed by atoms with Crippen molar-refractivity contribution in [1.29, 1.82) is 0 Å². The van der Waals surface area contributed by atoms with E-state index in [0.29, 0.717) is 17.6 Å². The van der Waals surface area contributed by atoms with Gasteiger partial charge in [-0.3, -0.25) is 4.72 Å². The Bertz CT molecular complexity index is 480. The maximum absolute atomic E-state index is 11.8. The lowest BCUT2D eigenvalue weighted by Crippen LogP contribution is -2.20. The van der Waals surface area contributed by atoms with Gasteiger partial charge in [0, 0.05) is 11.4 Å². The first-order chi connectivity index (χ1) is 8.55. The second-order valence-corrected chi connectivity index (χ2v) is 7.35. The molecular formula is C11H19N3O2S2. The van der Waals surface area contributed by atoms with Crippen molar-refractivity contribution in [2.75, 3.05) is 17.0 Å². The summed E-state index contributed by atoms with van der Waals surface area (Å²) in [6, 6.07) is 0.693. The molecule has 1 aromatic rings. The van der Waals surface area contributed by atoms with Gasteiger partial charge in [-0.15, -0.1) is 11.3 Å². The van der Waals surface area contributed by atoms with Crippen molar-refractivity contribution in [1.82, 2.24) is 10.3 Å². The zero-order valence-corrected chi connectivity index (χ0v) is 12.1. The van der Waals surface area contributed by atoms with Crippen LogP contribution in [0.5, 0.6) is 0 Å². The van der Waals surface area contributed by atoms with Crippen molar-refractivity contribution < 1.29 is 8.42 Å². The summed E-state index contributed by atoms with van der Waals surface area (Å²) in [6.45, 7) is 2.76. The molecule has 1 heterocycles. The number of rotatable bonds is 8. The number of hydrogen-bond donors (Lipinski definition) is 2. The maximum atomic E-state index is 11.8.